The number of aromatic nitrogens is 2. The predicted molar refractivity (Wildman–Crippen MR) is 43.3 cm³/mol. The predicted octanol–water partition coefficient (Wildman–Crippen LogP) is 0.802. The first-order chi connectivity index (χ1) is 5.16. The maximum absolute atomic E-state index is 5.80. The molecule has 11 heavy (non-hydrogen) atoms. The van der Waals surface area contributed by atoms with Crippen molar-refractivity contribution >= 4 is 17.4 Å². The lowest BCUT2D eigenvalue weighted by molar-refractivity contribution is 0.178. The summed E-state index contributed by atoms with van der Waals surface area (Å²) in [5.41, 5.74) is 6.25. The van der Waals surface area contributed by atoms with Gasteiger partial charge >= 0.3 is 0 Å². The van der Waals surface area contributed by atoms with Crippen molar-refractivity contribution in [3.8, 4) is 0 Å². The van der Waals surface area contributed by atoms with Gasteiger partial charge in [0.15, 0.2) is 5.82 Å². The van der Waals surface area contributed by atoms with E-state index in [9.17, 15) is 0 Å². The molecule has 1 rings (SSSR count). The quantitative estimate of drug-likeness (QED) is 0.724. The summed E-state index contributed by atoms with van der Waals surface area (Å²) in [4.78, 5) is 0. The largest absolute Gasteiger partial charge is 0.381 e. The first kappa shape index (κ1) is 8.36. The molecule has 0 unspecified atom stereocenters. The lowest BCUT2D eigenvalue weighted by Gasteiger charge is -1.98. The van der Waals surface area contributed by atoms with Crippen molar-refractivity contribution in [1.29, 1.82) is 0 Å². The first-order valence-corrected chi connectivity index (χ1v) is 3.50. The standard InChI is InChI=1S/C6H10ClN3O/c1-10-4(3-11-2)5(7)6(8)9-10/h3H2,1-2H3,(H2,8,9). The Kier molecular flexibility index (Phi) is 2.36. The minimum atomic E-state index is 0.348. The Morgan fingerprint density at radius 1 is 1.73 bits per heavy atom. The highest BCUT2D eigenvalue weighted by Gasteiger charge is 2.10. The number of hydrogen-bond acceptors (Lipinski definition) is 3. The maximum Gasteiger partial charge on any atom is 0.164 e. The smallest absolute Gasteiger partial charge is 0.164 e. The molecule has 1 aromatic heterocycles. The monoisotopic (exact) mass is 175 g/mol. The number of nitrogens with zero attached hydrogens (tertiary/aromatic N) is 2. The molecule has 0 aliphatic heterocycles. The van der Waals surface area contributed by atoms with Crippen LogP contribution in [-0.2, 0) is 18.4 Å². The third-order valence-corrected chi connectivity index (χ3v) is 1.82. The lowest BCUT2D eigenvalue weighted by Crippen LogP contribution is -1.99. The van der Waals surface area contributed by atoms with Crippen LogP contribution in [0.5, 0.6) is 0 Å². The zero-order valence-corrected chi connectivity index (χ0v) is 7.22. The molecule has 0 aliphatic rings. The Labute approximate surface area is 69.9 Å². The van der Waals surface area contributed by atoms with Crippen molar-refractivity contribution in [1.82, 2.24) is 9.78 Å². The topological polar surface area (TPSA) is 53.1 Å². The van der Waals surface area contributed by atoms with E-state index in [0.29, 0.717) is 17.4 Å². The molecule has 0 aliphatic carbocycles. The SMILES string of the molecule is COCc1c(Cl)c(N)nn1C. The van der Waals surface area contributed by atoms with Crippen LogP contribution in [0.1, 0.15) is 5.69 Å². The van der Waals surface area contributed by atoms with E-state index in [4.69, 9.17) is 22.1 Å². The van der Waals surface area contributed by atoms with Gasteiger partial charge < -0.3 is 10.5 Å². The molecule has 0 spiro atoms. The second kappa shape index (κ2) is 3.11. The van der Waals surface area contributed by atoms with Crippen molar-refractivity contribution in [2.75, 3.05) is 12.8 Å². The Morgan fingerprint density at radius 3 is 2.73 bits per heavy atom. The van der Waals surface area contributed by atoms with Gasteiger partial charge in [0, 0.05) is 14.2 Å². The Hall–Kier alpha value is -0.740. The fraction of sp³-hybridized carbons (Fsp3) is 0.500. The third-order valence-electron chi connectivity index (χ3n) is 1.41. The maximum atomic E-state index is 5.80. The number of ether oxygens (including phenoxy) is 1. The molecule has 0 fully saturated rings. The van der Waals surface area contributed by atoms with Gasteiger partial charge in [-0.15, -0.1) is 0 Å². The average Bonchev–Trinajstić information content (AvgIpc) is 2.17. The van der Waals surface area contributed by atoms with Crippen LogP contribution in [0.2, 0.25) is 5.02 Å². The molecule has 0 amide bonds. The van der Waals surface area contributed by atoms with Gasteiger partial charge in [-0.05, 0) is 0 Å². The first-order valence-electron chi connectivity index (χ1n) is 3.12. The van der Waals surface area contributed by atoms with Gasteiger partial charge in [0.05, 0.1) is 12.3 Å². The number of rotatable bonds is 2. The number of methoxy groups -OCH3 is 1. The minimum absolute atomic E-state index is 0.348. The number of halogens is 1. The summed E-state index contributed by atoms with van der Waals surface area (Å²) in [6.45, 7) is 0.430. The van der Waals surface area contributed by atoms with E-state index < -0.39 is 0 Å². The molecule has 0 aromatic carbocycles. The Bertz CT molecular complexity index is 259. The van der Waals surface area contributed by atoms with Crippen molar-refractivity contribution in [2.24, 2.45) is 7.05 Å². The summed E-state index contributed by atoms with van der Waals surface area (Å²) in [6, 6.07) is 0. The Morgan fingerprint density at radius 2 is 2.36 bits per heavy atom. The number of hydrogen-bond donors (Lipinski definition) is 1. The van der Waals surface area contributed by atoms with Gasteiger partial charge in [-0.2, -0.15) is 5.10 Å². The number of anilines is 1. The number of nitrogens with two attached hydrogens (primary N) is 1. The minimum Gasteiger partial charge on any atom is -0.381 e. The highest BCUT2D eigenvalue weighted by Crippen LogP contribution is 2.22. The van der Waals surface area contributed by atoms with E-state index in [1.165, 1.54) is 0 Å². The van der Waals surface area contributed by atoms with Crippen molar-refractivity contribution < 1.29 is 4.74 Å². The van der Waals surface area contributed by atoms with Crippen LogP contribution in [0.15, 0.2) is 0 Å². The van der Waals surface area contributed by atoms with Crippen LogP contribution in [0.4, 0.5) is 5.82 Å². The van der Waals surface area contributed by atoms with E-state index >= 15 is 0 Å². The molecule has 0 atom stereocenters. The molecule has 1 heterocycles. The zero-order valence-electron chi connectivity index (χ0n) is 6.47. The second-order valence-electron chi connectivity index (χ2n) is 2.20. The zero-order chi connectivity index (χ0) is 8.43. The van der Waals surface area contributed by atoms with E-state index in [2.05, 4.69) is 5.10 Å². The fourth-order valence-corrected chi connectivity index (χ4v) is 1.06. The summed E-state index contributed by atoms with van der Waals surface area (Å²) in [7, 11) is 3.37. The van der Waals surface area contributed by atoms with Gasteiger partial charge in [-0.3, -0.25) is 4.68 Å². The molecule has 0 saturated carbocycles. The van der Waals surface area contributed by atoms with Crippen LogP contribution in [0.3, 0.4) is 0 Å². The summed E-state index contributed by atoms with van der Waals surface area (Å²) in [5.74, 6) is 0.348. The second-order valence-corrected chi connectivity index (χ2v) is 2.58. The van der Waals surface area contributed by atoms with Gasteiger partial charge in [0.25, 0.3) is 0 Å². The van der Waals surface area contributed by atoms with Crippen LogP contribution >= 0.6 is 11.6 Å². The summed E-state index contributed by atoms with van der Waals surface area (Å²) < 4.78 is 6.51. The van der Waals surface area contributed by atoms with Crippen LogP contribution in [-0.4, -0.2) is 16.9 Å². The van der Waals surface area contributed by atoms with Crippen LogP contribution < -0.4 is 5.73 Å². The van der Waals surface area contributed by atoms with Crippen LogP contribution in [0.25, 0.3) is 0 Å². The van der Waals surface area contributed by atoms with Gasteiger partial charge in [-0.25, -0.2) is 0 Å². The van der Waals surface area contributed by atoms with Crippen molar-refractivity contribution in [2.45, 2.75) is 6.61 Å². The highest BCUT2D eigenvalue weighted by atomic mass is 35.5. The summed E-state index contributed by atoms with van der Waals surface area (Å²) >= 11 is 5.80. The van der Waals surface area contributed by atoms with E-state index in [1.54, 1.807) is 18.8 Å². The van der Waals surface area contributed by atoms with Gasteiger partial charge in [0.2, 0.25) is 0 Å². The normalized spacial score (nSPS) is 10.5. The number of aryl methyl sites for hydroxylation is 1. The summed E-state index contributed by atoms with van der Waals surface area (Å²) in [5, 5.41) is 4.39. The molecular formula is C6H10ClN3O. The molecule has 0 bridgehead atoms. The molecule has 2 N–H and O–H groups in total. The molecular weight excluding hydrogens is 166 g/mol. The highest BCUT2D eigenvalue weighted by molar-refractivity contribution is 6.33. The molecule has 0 radical (unpaired) electrons. The molecule has 5 heteroatoms. The Balaban J connectivity index is 3.02. The van der Waals surface area contributed by atoms with E-state index in [-0.39, 0.29) is 0 Å². The summed E-state index contributed by atoms with van der Waals surface area (Å²) in [6.07, 6.45) is 0. The molecule has 4 nitrogen and oxygen atoms in total. The molecule has 0 saturated heterocycles. The third kappa shape index (κ3) is 1.46. The van der Waals surface area contributed by atoms with Crippen molar-refractivity contribution in [3.05, 3.63) is 10.7 Å². The van der Waals surface area contributed by atoms with Crippen LogP contribution in [0, 0.1) is 0 Å². The lowest BCUT2D eigenvalue weighted by atomic mass is 10.4. The van der Waals surface area contributed by atoms with Gasteiger partial charge in [-0.1, -0.05) is 11.6 Å². The van der Waals surface area contributed by atoms with E-state index in [1.807, 2.05) is 0 Å². The van der Waals surface area contributed by atoms with E-state index in [0.717, 1.165) is 5.69 Å². The van der Waals surface area contributed by atoms with Crippen molar-refractivity contribution in [3.63, 3.8) is 0 Å². The number of nitrogen functional groups attached to an aromatic ring is 1. The fourth-order valence-electron chi connectivity index (χ4n) is 0.849. The van der Waals surface area contributed by atoms with Gasteiger partial charge in [0.1, 0.15) is 5.02 Å². The molecule has 1 aromatic rings. The molecule has 62 valence electrons. The average molecular weight is 176 g/mol.